The van der Waals surface area contributed by atoms with E-state index in [1.165, 1.54) is 12.1 Å². The van der Waals surface area contributed by atoms with Crippen LogP contribution < -0.4 is 5.32 Å². The molecule has 2 aliphatic heterocycles. The number of aliphatic carboxylic acids is 1. The fourth-order valence-corrected chi connectivity index (χ4v) is 3.77. The number of halogens is 3. The molecule has 27 heavy (non-hydrogen) atoms. The number of hydrogen-bond donors (Lipinski definition) is 2. The number of benzene rings is 1. The predicted molar refractivity (Wildman–Crippen MR) is 87.9 cm³/mol. The van der Waals surface area contributed by atoms with Crippen LogP contribution in [0.2, 0.25) is 0 Å². The lowest BCUT2D eigenvalue weighted by molar-refractivity contribution is -0.142. The minimum atomic E-state index is -3.27. The van der Waals surface area contributed by atoms with Crippen molar-refractivity contribution < 1.29 is 32.7 Å². The molecule has 146 valence electrons. The lowest BCUT2D eigenvalue weighted by Crippen LogP contribution is -2.49. The molecule has 3 rings (SSSR count). The third kappa shape index (κ3) is 4.13. The summed E-state index contributed by atoms with van der Waals surface area (Å²) in [4.78, 5) is 35.0. The number of carboxylic acid groups (broad SMARTS) is 1. The number of alkyl halides is 2. The molecule has 2 atom stereocenters. The van der Waals surface area contributed by atoms with E-state index in [1.54, 1.807) is 0 Å². The Morgan fingerprint density at radius 1 is 1.30 bits per heavy atom. The third-order valence-electron chi connectivity index (χ3n) is 5.08. The number of likely N-dealkylation sites (tertiary alicyclic amines) is 1. The average Bonchev–Trinajstić information content (AvgIpc) is 2.54. The Labute approximate surface area is 153 Å². The molecule has 2 aliphatic rings. The van der Waals surface area contributed by atoms with E-state index in [0.29, 0.717) is 5.56 Å². The maximum Gasteiger partial charge on any atom is 0.317 e. The van der Waals surface area contributed by atoms with E-state index in [9.17, 15) is 27.6 Å². The van der Waals surface area contributed by atoms with Crippen LogP contribution in [0.3, 0.4) is 0 Å². The number of amides is 2. The van der Waals surface area contributed by atoms with Gasteiger partial charge in [-0.1, -0.05) is 12.1 Å². The van der Waals surface area contributed by atoms with Crippen molar-refractivity contribution in [1.82, 2.24) is 10.2 Å². The summed E-state index contributed by atoms with van der Waals surface area (Å²) in [5.74, 6) is -8.25. The van der Waals surface area contributed by atoms with Gasteiger partial charge < -0.3 is 5.11 Å². The van der Waals surface area contributed by atoms with Crippen LogP contribution in [0.5, 0.6) is 0 Å². The minimum Gasteiger partial charge on any atom is -0.480 e. The van der Waals surface area contributed by atoms with Gasteiger partial charge in [0.05, 0.1) is 24.9 Å². The van der Waals surface area contributed by atoms with E-state index >= 15 is 0 Å². The first kappa shape index (κ1) is 19.3. The van der Waals surface area contributed by atoms with Gasteiger partial charge in [-0.2, -0.15) is 0 Å². The average molecular weight is 384 g/mol. The SMILES string of the molecule is O=C(O)CN1CCC(c2ccc(C3CCC(=O)NC3=O)cc2F)C(F)(F)C1. The van der Waals surface area contributed by atoms with Gasteiger partial charge in [-0.25, -0.2) is 13.2 Å². The molecular formula is C18H19F3N2O4. The van der Waals surface area contributed by atoms with Crippen LogP contribution in [-0.4, -0.2) is 53.3 Å². The van der Waals surface area contributed by atoms with Crippen molar-refractivity contribution in [3.8, 4) is 0 Å². The van der Waals surface area contributed by atoms with Crippen molar-refractivity contribution in [2.45, 2.75) is 37.0 Å². The van der Waals surface area contributed by atoms with E-state index in [1.807, 2.05) is 0 Å². The van der Waals surface area contributed by atoms with E-state index in [2.05, 4.69) is 5.32 Å². The zero-order valence-corrected chi connectivity index (χ0v) is 14.4. The Balaban J connectivity index is 1.79. The van der Waals surface area contributed by atoms with Gasteiger partial charge in [0.25, 0.3) is 5.92 Å². The molecule has 0 radical (unpaired) electrons. The molecule has 0 bridgehead atoms. The molecule has 6 nitrogen and oxygen atoms in total. The summed E-state index contributed by atoms with van der Waals surface area (Å²) in [6.45, 7) is -1.11. The predicted octanol–water partition coefficient (Wildman–Crippen LogP) is 1.86. The van der Waals surface area contributed by atoms with Gasteiger partial charge in [0, 0.05) is 6.42 Å². The molecule has 2 N–H and O–H groups in total. The quantitative estimate of drug-likeness (QED) is 0.774. The van der Waals surface area contributed by atoms with Crippen LogP contribution in [0, 0.1) is 5.82 Å². The van der Waals surface area contributed by atoms with E-state index in [-0.39, 0.29) is 37.3 Å². The summed E-state index contributed by atoms with van der Waals surface area (Å²) in [6.07, 6.45) is 0.308. The van der Waals surface area contributed by atoms with E-state index in [0.717, 1.165) is 11.0 Å². The molecule has 0 saturated carbocycles. The molecule has 2 unspecified atom stereocenters. The number of nitrogens with zero attached hydrogens (tertiary/aromatic N) is 1. The summed E-state index contributed by atoms with van der Waals surface area (Å²) in [6, 6.07) is 3.78. The van der Waals surface area contributed by atoms with Crippen LogP contribution in [0.15, 0.2) is 18.2 Å². The first-order valence-corrected chi connectivity index (χ1v) is 8.62. The van der Waals surface area contributed by atoms with Gasteiger partial charge in [0.15, 0.2) is 0 Å². The van der Waals surface area contributed by atoms with E-state index < -0.39 is 48.5 Å². The number of nitrogens with one attached hydrogen (secondary N) is 1. The normalized spacial score (nSPS) is 25.9. The molecule has 2 saturated heterocycles. The molecule has 9 heteroatoms. The van der Waals surface area contributed by atoms with Crippen LogP contribution >= 0.6 is 0 Å². The number of carbonyl (C=O) groups excluding carboxylic acids is 2. The second-order valence-electron chi connectivity index (χ2n) is 6.99. The van der Waals surface area contributed by atoms with Crippen LogP contribution in [-0.2, 0) is 14.4 Å². The second-order valence-corrected chi connectivity index (χ2v) is 6.99. The fraction of sp³-hybridized carbons (Fsp3) is 0.500. The summed E-state index contributed by atoms with van der Waals surface area (Å²) >= 11 is 0. The highest BCUT2D eigenvalue weighted by Gasteiger charge is 2.46. The monoisotopic (exact) mass is 384 g/mol. The lowest BCUT2D eigenvalue weighted by atomic mass is 9.83. The molecular weight excluding hydrogens is 365 g/mol. The number of rotatable bonds is 4. The fourth-order valence-electron chi connectivity index (χ4n) is 3.77. The maximum atomic E-state index is 14.6. The summed E-state index contributed by atoms with van der Waals surface area (Å²) in [7, 11) is 0. The van der Waals surface area contributed by atoms with Crippen LogP contribution in [0.4, 0.5) is 13.2 Å². The lowest BCUT2D eigenvalue weighted by Gasteiger charge is -2.38. The zero-order chi connectivity index (χ0) is 19.8. The minimum absolute atomic E-state index is 0.0744. The molecule has 0 spiro atoms. The number of piperidine rings is 2. The van der Waals surface area contributed by atoms with Crippen molar-refractivity contribution in [2.75, 3.05) is 19.6 Å². The Morgan fingerprint density at radius 2 is 2.04 bits per heavy atom. The van der Waals surface area contributed by atoms with Gasteiger partial charge in [0.1, 0.15) is 5.82 Å². The Kier molecular flexibility index (Phi) is 5.23. The van der Waals surface area contributed by atoms with Crippen molar-refractivity contribution in [1.29, 1.82) is 0 Å². The Hall–Kier alpha value is -2.42. The van der Waals surface area contributed by atoms with Crippen molar-refractivity contribution >= 4 is 17.8 Å². The number of imide groups is 1. The first-order valence-electron chi connectivity index (χ1n) is 8.62. The highest BCUT2D eigenvalue weighted by atomic mass is 19.3. The molecule has 1 aromatic carbocycles. The highest BCUT2D eigenvalue weighted by molar-refractivity contribution is 6.00. The first-order chi connectivity index (χ1) is 12.7. The van der Waals surface area contributed by atoms with Gasteiger partial charge in [-0.3, -0.25) is 24.6 Å². The van der Waals surface area contributed by atoms with Crippen LogP contribution in [0.25, 0.3) is 0 Å². The largest absolute Gasteiger partial charge is 0.480 e. The number of carbonyl (C=O) groups is 3. The van der Waals surface area contributed by atoms with Crippen molar-refractivity contribution in [3.05, 3.63) is 35.1 Å². The zero-order valence-electron chi connectivity index (χ0n) is 14.4. The molecule has 2 fully saturated rings. The van der Waals surface area contributed by atoms with Gasteiger partial charge in [0.2, 0.25) is 11.8 Å². The standard InChI is InChI=1S/C18H19F3N2O4/c19-14-7-10(11-3-4-15(24)22-17(11)27)1-2-12(14)13-5-6-23(8-16(25)26)9-18(13,20)21/h1-2,7,11,13H,3-6,8-9H2,(H,25,26)(H,22,24,27). The van der Waals surface area contributed by atoms with Crippen LogP contribution in [0.1, 0.15) is 42.2 Å². The van der Waals surface area contributed by atoms with Gasteiger partial charge >= 0.3 is 5.97 Å². The van der Waals surface area contributed by atoms with E-state index in [4.69, 9.17) is 5.11 Å². The smallest absolute Gasteiger partial charge is 0.317 e. The second kappa shape index (κ2) is 7.30. The highest BCUT2D eigenvalue weighted by Crippen LogP contribution is 2.41. The molecule has 1 aromatic rings. The van der Waals surface area contributed by atoms with Crippen molar-refractivity contribution in [3.63, 3.8) is 0 Å². The Bertz CT molecular complexity index is 784. The maximum absolute atomic E-state index is 14.6. The summed E-state index contributed by atoms with van der Waals surface area (Å²) < 4.78 is 43.6. The molecule has 0 aromatic heterocycles. The number of hydrogen-bond acceptors (Lipinski definition) is 4. The van der Waals surface area contributed by atoms with Crippen molar-refractivity contribution in [2.24, 2.45) is 0 Å². The number of carboxylic acids is 1. The Morgan fingerprint density at radius 3 is 2.63 bits per heavy atom. The summed E-state index contributed by atoms with van der Waals surface area (Å²) in [5, 5.41) is 10.9. The topological polar surface area (TPSA) is 86.7 Å². The van der Waals surface area contributed by atoms with Gasteiger partial charge in [-0.05, 0) is 36.6 Å². The van der Waals surface area contributed by atoms with Gasteiger partial charge in [-0.15, -0.1) is 0 Å². The molecule has 2 amide bonds. The third-order valence-corrected chi connectivity index (χ3v) is 5.08. The molecule has 0 aliphatic carbocycles. The summed E-state index contributed by atoms with van der Waals surface area (Å²) in [5.41, 5.74) is 0.193. The molecule has 2 heterocycles.